The minimum absolute atomic E-state index is 0.204. The molecule has 1 N–H and O–H groups in total. The summed E-state index contributed by atoms with van der Waals surface area (Å²) >= 11 is 7.95. The molecule has 0 bridgehead atoms. The number of rotatable bonds is 3. The summed E-state index contributed by atoms with van der Waals surface area (Å²) in [5.41, 5.74) is 1.41. The maximum absolute atomic E-state index is 6.09. The molecule has 1 aromatic carbocycles. The van der Waals surface area contributed by atoms with E-state index >= 15 is 0 Å². The van der Waals surface area contributed by atoms with Gasteiger partial charge in [-0.3, -0.25) is 0 Å². The van der Waals surface area contributed by atoms with Crippen LogP contribution >= 0.6 is 22.9 Å². The topological polar surface area (TPSA) is 12.0 Å². The van der Waals surface area contributed by atoms with Gasteiger partial charge in [0.25, 0.3) is 0 Å². The minimum Gasteiger partial charge on any atom is -0.309 e. The van der Waals surface area contributed by atoms with Crippen molar-refractivity contribution in [2.45, 2.75) is 32.2 Å². The number of thiophene rings is 1. The quantitative estimate of drug-likeness (QED) is 0.839. The van der Waals surface area contributed by atoms with Gasteiger partial charge < -0.3 is 5.32 Å². The van der Waals surface area contributed by atoms with E-state index in [4.69, 9.17) is 11.6 Å². The van der Waals surface area contributed by atoms with E-state index in [1.54, 1.807) is 0 Å². The standard InChI is InChI=1S/C16H20ClNS/c1-16(2,3)14-9-8-13(19-14)15(18-4)11-6-5-7-12(17)10-11/h5-10,15,18H,1-4H3. The maximum atomic E-state index is 6.09. The van der Waals surface area contributed by atoms with Gasteiger partial charge in [0.2, 0.25) is 0 Å². The molecule has 102 valence electrons. The molecule has 0 spiro atoms. The van der Waals surface area contributed by atoms with Crippen molar-refractivity contribution >= 4 is 22.9 Å². The average Bonchev–Trinajstić information content (AvgIpc) is 2.79. The molecule has 0 aliphatic carbocycles. The Labute approximate surface area is 124 Å². The zero-order chi connectivity index (χ0) is 14.0. The van der Waals surface area contributed by atoms with Crippen LogP contribution in [0, 0.1) is 0 Å². The van der Waals surface area contributed by atoms with Crippen molar-refractivity contribution in [2.75, 3.05) is 7.05 Å². The van der Waals surface area contributed by atoms with E-state index in [1.807, 2.05) is 36.6 Å². The highest BCUT2D eigenvalue weighted by atomic mass is 35.5. The van der Waals surface area contributed by atoms with E-state index in [9.17, 15) is 0 Å². The van der Waals surface area contributed by atoms with Crippen molar-refractivity contribution in [1.82, 2.24) is 5.32 Å². The van der Waals surface area contributed by atoms with Crippen molar-refractivity contribution < 1.29 is 0 Å². The predicted octanol–water partition coefficient (Wildman–Crippen LogP) is 5.01. The minimum atomic E-state index is 0.204. The Balaban J connectivity index is 2.35. The summed E-state index contributed by atoms with van der Waals surface area (Å²) in [5, 5.41) is 4.16. The van der Waals surface area contributed by atoms with Crippen LogP contribution in [-0.2, 0) is 5.41 Å². The molecular weight excluding hydrogens is 274 g/mol. The second-order valence-corrected chi connectivity index (χ2v) is 7.28. The van der Waals surface area contributed by atoms with Crippen molar-refractivity contribution in [1.29, 1.82) is 0 Å². The van der Waals surface area contributed by atoms with Gasteiger partial charge in [-0.05, 0) is 42.3 Å². The lowest BCUT2D eigenvalue weighted by Gasteiger charge is -2.17. The number of halogens is 1. The van der Waals surface area contributed by atoms with Gasteiger partial charge in [-0.1, -0.05) is 44.5 Å². The normalized spacial score (nSPS) is 13.5. The van der Waals surface area contributed by atoms with E-state index in [0.29, 0.717) is 0 Å². The third kappa shape index (κ3) is 3.38. The van der Waals surface area contributed by atoms with Gasteiger partial charge in [-0.15, -0.1) is 11.3 Å². The SMILES string of the molecule is CNC(c1cccc(Cl)c1)c1ccc(C(C)(C)C)s1. The molecule has 2 rings (SSSR count). The molecule has 2 aromatic rings. The van der Waals surface area contributed by atoms with Gasteiger partial charge in [0, 0.05) is 14.8 Å². The highest BCUT2D eigenvalue weighted by molar-refractivity contribution is 7.12. The van der Waals surface area contributed by atoms with Crippen molar-refractivity contribution in [3.63, 3.8) is 0 Å². The Bertz CT molecular complexity index is 554. The molecular formula is C16H20ClNS. The van der Waals surface area contributed by atoms with E-state index < -0.39 is 0 Å². The van der Waals surface area contributed by atoms with Gasteiger partial charge >= 0.3 is 0 Å². The van der Waals surface area contributed by atoms with Crippen LogP contribution in [0.5, 0.6) is 0 Å². The number of benzene rings is 1. The lowest BCUT2D eigenvalue weighted by molar-refractivity contribution is 0.604. The third-order valence-electron chi connectivity index (χ3n) is 3.12. The molecule has 0 radical (unpaired) electrons. The first kappa shape index (κ1) is 14.6. The summed E-state index contributed by atoms with van der Waals surface area (Å²) in [6.45, 7) is 6.74. The molecule has 0 amide bonds. The van der Waals surface area contributed by atoms with Gasteiger partial charge in [0.15, 0.2) is 0 Å². The Hall–Kier alpha value is -0.830. The zero-order valence-corrected chi connectivity index (χ0v) is 13.4. The predicted molar refractivity (Wildman–Crippen MR) is 85.4 cm³/mol. The largest absolute Gasteiger partial charge is 0.309 e. The van der Waals surface area contributed by atoms with Crippen molar-refractivity contribution in [3.8, 4) is 0 Å². The fourth-order valence-electron chi connectivity index (χ4n) is 2.07. The summed E-state index contributed by atoms with van der Waals surface area (Å²) < 4.78 is 0. The molecule has 0 fully saturated rings. The summed E-state index contributed by atoms with van der Waals surface area (Å²) in [5.74, 6) is 0. The molecule has 0 aliphatic heterocycles. The molecule has 1 heterocycles. The van der Waals surface area contributed by atoms with Gasteiger partial charge in [0.05, 0.1) is 6.04 Å². The number of hydrogen-bond acceptors (Lipinski definition) is 2. The number of nitrogens with one attached hydrogen (secondary N) is 1. The monoisotopic (exact) mass is 293 g/mol. The Morgan fingerprint density at radius 3 is 2.42 bits per heavy atom. The Kier molecular flexibility index (Phi) is 4.34. The second kappa shape index (κ2) is 5.66. The van der Waals surface area contributed by atoms with E-state index in [1.165, 1.54) is 15.3 Å². The molecule has 19 heavy (non-hydrogen) atoms. The average molecular weight is 294 g/mol. The maximum Gasteiger partial charge on any atom is 0.0669 e. The van der Waals surface area contributed by atoms with Gasteiger partial charge in [0.1, 0.15) is 0 Å². The molecule has 1 unspecified atom stereocenters. The summed E-state index contributed by atoms with van der Waals surface area (Å²) in [6.07, 6.45) is 0. The van der Waals surface area contributed by atoms with E-state index in [-0.39, 0.29) is 11.5 Å². The summed E-state index contributed by atoms with van der Waals surface area (Å²) in [7, 11) is 1.99. The van der Waals surface area contributed by atoms with Crippen molar-refractivity contribution in [3.05, 3.63) is 56.7 Å². The summed E-state index contributed by atoms with van der Waals surface area (Å²) in [6, 6.07) is 12.7. The zero-order valence-electron chi connectivity index (χ0n) is 11.8. The van der Waals surface area contributed by atoms with E-state index in [0.717, 1.165) is 5.02 Å². The highest BCUT2D eigenvalue weighted by Gasteiger charge is 2.20. The van der Waals surface area contributed by atoms with Crippen LogP contribution < -0.4 is 5.32 Å². The van der Waals surface area contributed by atoms with Gasteiger partial charge in [-0.25, -0.2) is 0 Å². The van der Waals surface area contributed by atoms with Crippen LogP contribution in [0.15, 0.2) is 36.4 Å². The van der Waals surface area contributed by atoms with Crippen LogP contribution in [0.1, 0.15) is 42.1 Å². The molecule has 0 aliphatic rings. The van der Waals surface area contributed by atoms with Crippen LogP contribution in [0.4, 0.5) is 0 Å². The molecule has 0 saturated carbocycles. The van der Waals surface area contributed by atoms with Crippen molar-refractivity contribution in [2.24, 2.45) is 0 Å². The molecule has 1 atom stereocenters. The summed E-state index contributed by atoms with van der Waals surface area (Å²) in [4.78, 5) is 2.74. The molecule has 1 nitrogen and oxygen atoms in total. The fraction of sp³-hybridized carbons (Fsp3) is 0.375. The van der Waals surface area contributed by atoms with Gasteiger partial charge in [-0.2, -0.15) is 0 Å². The fourth-order valence-corrected chi connectivity index (χ4v) is 3.47. The number of hydrogen-bond donors (Lipinski definition) is 1. The molecule has 0 saturated heterocycles. The van der Waals surface area contributed by atoms with Crippen LogP contribution in [0.3, 0.4) is 0 Å². The molecule has 3 heteroatoms. The van der Waals surface area contributed by atoms with E-state index in [2.05, 4.69) is 44.3 Å². The Morgan fingerprint density at radius 1 is 1.16 bits per heavy atom. The van der Waals surface area contributed by atoms with Crippen LogP contribution in [-0.4, -0.2) is 7.05 Å². The van der Waals surface area contributed by atoms with Crippen LogP contribution in [0.25, 0.3) is 0 Å². The van der Waals surface area contributed by atoms with Crippen LogP contribution in [0.2, 0.25) is 5.02 Å². The Morgan fingerprint density at radius 2 is 1.89 bits per heavy atom. The molecule has 1 aromatic heterocycles. The lowest BCUT2D eigenvalue weighted by atomic mass is 9.95. The second-order valence-electron chi connectivity index (χ2n) is 5.73. The smallest absolute Gasteiger partial charge is 0.0669 e. The first-order chi connectivity index (χ1) is 8.91. The third-order valence-corrected chi connectivity index (χ3v) is 4.93. The first-order valence-electron chi connectivity index (χ1n) is 6.45. The lowest BCUT2D eigenvalue weighted by Crippen LogP contribution is -2.16. The highest BCUT2D eigenvalue weighted by Crippen LogP contribution is 2.34. The first-order valence-corrected chi connectivity index (χ1v) is 7.64.